The fraction of sp³-hybridized carbons (Fsp3) is 0.880. The zero-order valence-corrected chi connectivity index (χ0v) is 42.5. The Hall–Kier alpha value is -1.90. The van der Waals surface area contributed by atoms with Crippen LogP contribution in [0.1, 0.15) is 190 Å². The van der Waals surface area contributed by atoms with Crippen molar-refractivity contribution in [2.45, 2.75) is 259 Å². The van der Waals surface area contributed by atoms with Crippen molar-refractivity contribution < 1.29 is 39.8 Å². The highest BCUT2D eigenvalue weighted by atomic mass is 16.6. The zero-order chi connectivity index (χ0) is 47.1. The Morgan fingerprint density at radius 2 is 0.516 bits per heavy atom. The Morgan fingerprint density at radius 1 is 0.355 bits per heavy atom. The standard InChI is InChI=1S/C50H86N4O8/c1-31(2)47(17)27-35(23-43(9,10)51(47)55)59-39-21-41(61-37-25-45(13,14)53(57)49(19,29-37)33(5)6)42(62-38-26-46(15,16)54(58)50(20,30-38)34(7)8)22-40(39)60-36-24-44(11,12)52(56)48(18,28-36)32(3)4/h21-22,31-38H,23-30H2,1-20H3. The third-order valence-electron chi connectivity index (χ3n) is 16.7. The van der Waals surface area contributed by atoms with E-state index >= 15 is 0 Å². The smallest absolute Gasteiger partial charge is 0.165 e. The van der Waals surface area contributed by atoms with E-state index in [1.54, 1.807) is 0 Å². The van der Waals surface area contributed by atoms with Crippen LogP contribution in [0.3, 0.4) is 0 Å². The van der Waals surface area contributed by atoms with Crippen LogP contribution in [0.5, 0.6) is 23.0 Å². The summed E-state index contributed by atoms with van der Waals surface area (Å²) in [6, 6.07) is 3.81. The van der Waals surface area contributed by atoms with Gasteiger partial charge in [0.2, 0.25) is 0 Å². The van der Waals surface area contributed by atoms with Crippen molar-refractivity contribution in [2.75, 3.05) is 0 Å². The quantitative estimate of drug-likeness (QED) is 0.203. The van der Waals surface area contributed by atoms with Crippen molar-refractivity contribution >= 4 is 0 Å². The van der Waals surface area contributed by atoms with Crippen molar-refractivity contribution in [3.05, 3.63) is 12.1 Å². The molecule has 4 heterocycles. The topological polar surface area (TPSA) is 129 Å². The van der Waals surface area contributed by atoms with Gasteiger partial charge in [-0.25, -0.2) is 0 Å². The largest absolute Gasteiger partial charge is 0.486 e. The Bertz CT molecular complexity index is 1490. The van der Waals surface area contributed by atoms with Crippen molar-refractivity contribution in [1.82, 2.24) is 20.3 Å². The summed E-state index contributed by atoms with van der Waals surface area (Å²) in [6.07, 6.45) is 2.73. The predicted octanol–water partition coefficient (Wildman–Crippen LogP) is 11.2. The van der Waals surface area contributed by atoms with Gasteiger partial charge in [-0.3, -0.25) is 0 Å². The summed E-state index contributed by atoms with van der Waals surface area (Å²) in [7, 11) is 0. The number of benzene rings is 1. The molecular weight excluding hydrogens is 785 g/mol. The minimum Gasteiger partial charge on any atom is -0.486 e. The molecule has 0 bridgehead atoms. The number of nitrogens with zero attached hydrogens (tertiary/aromatic N) is 4. The van der Waals surface area contributed by atoms with Gasteiger partial charge in [0.25, 0.3) is 0 Å². The van der Waals surface area contributed by atoms with Gasteiger partial charge in [0.1, 0.15) is 24.4 Å². The van der Waals surface area contributed by atoms with Gasteiger partial charge in [-0.1, -0.05) is 55.4 Å². The van der Waals surface area contributed by atoms with E-state index in [0.29, 0.717) is 74.4 Å². The summed E-state index contributed by atoms with van der Waals surface area (Å²) in [5, 5.41) is 60.7. The lowest BCUT2D eigenvalue weighted by molar-refractivity contribution is -0.312. The lowest BCUT2D eigenvalue weighted by Gasteiger charge is -2.54. The molecular formula is C50H86N4O8. The van der Waals surface area contributed by atoms with Gasteiger partial charge in [-0.05, 0) is 107 Å². The monoisotopic (exact) mass is 871 g/mol. The van der Waals surface area contributed by atoms with Crippen molar-refractivity contribution in [3.8, 4) is 23.0 Å². The zero-order valence-electron chi connectivity index (χ0n) is 42.5. The van der Waals surface area contributed by atoms with E-state index in [0.717, 1.165) is 0 Å². The van der Waals surface area contributed by atoms with Crippen molar-refractivity contribution in [2.24, 2.45) is 23.7 Å². The first-order valence-electron chi connectivity index (χ1n) is 23.8. The third kappa shape index (κ3) is 9.38. The van der Waals surface area contributed by atoms with E-state index in [2.05, 4.69) is 55.4 Å². The minimum absolute atomic E-state index is 0.0658. The SMILES string of the molecule is CC(C)C1(C)CC(Oc2cc(OC3CC(C)(C)N([O])C(C)(C(C)C)C3)c(OC3CC(C)(C)N([O])C(C)(C(C)C)C3)cc2OC2CC(C)(C)N([O])C(C)(C(C)C)C2)CC(C)(C)N1[O]. The summed E-state index contributed by atoms with van der Waals surface area (Å²) in [5.74, 6) is 2.21. The Kier molecular flexibility index (Phi) is 14.1. The summed E-state index contributed by atoms with van der Waals surface area (Å²) in [5.41, 5.74) is -5.48. The van der Waals surface area contributed by atoms with Gasteiger partial charge in [0.05, 0.1) is 22.2 Å². The molecule has 0 saturated carbocycles. The number of hydrogen-bond donors (Lipinski definition) is 0. The predicted molar refractivity (Wildman–Crippen MR) is 240 cm³/mol. The highest BCUT2D eigenvalue weighted by molar-refractivity contribution is 5.55. The Morgan fingerprint density at radius 3 is 0.661 bits per heavy atom. The summed E-state index contributed by atoms with van der Waals surface area (Å²) >= 11 is 0. The first-order chi connectivity index (χ1) is 28.1. The highest BCUT2D eigenvalue weighted by Gasteiger charge is 2.55. The summed E-state index contributed by atoms with van der Waals surface area (Å²) < 4.78 is 28.6. The van der Waals surface area contributed by atoms with Crippen LogP contribution in [0.25, 0.3) is 0 Å². The second-order valence-electron chi connectivity index (χ2n) is 24.8. The minimum atomic E-state index is -0.694. The molecule has 0 aromatic heterocycles. The lowest BCUT2D eigenvalue weighted by atomic mass is 9.73. The molecule has 4 radical (unpaired) electrons. The molecule has 4 aliphatic heterocycles. The molecule has 4 fully saturated rings. The molecule has 354 valence electrons. The molecule has 0 amide bonds. The van der Waals surface area contributed by atoms with Gasteiger partial charge in [-0.2, -0.15) is 0 Å². The molecule has 0 N–H and O–H groups in total. The number of hydroxylamine groups is 8. The number of hydrogen-bond acceptors (Lipinski definition) is 8. The second-order valence-corrected chi connectivity index (χ2v) is 24.8. The maximum absolute atomic E-state index is 13.9. The van der Waals surface area contributed by atoms with E-state index in [1.807, 2.05) is 95.2 Å². The van der Waals surface area contributed by atoms with Gasteiger partial charge in [-0.15, -0.1) is 41.1 Å². The maximum atomic E-state index is 13.9. The molecule has 62 heavy (non-hydrogen) atoms. The Labute approximate surface area is 376 Å². The fourth-order valence-electron chi connectivity index (χ4n) is 11.6. The molecule has 4 saturated heterocycles. The van der Waals surface area contributed by atoms with E-state index in [4.69, 9.17) is 18.9 Å². The molecule has 12 nitrogen and oxygen atoms in total. The van der Waals surface area contributed by atoms with E-state index in [9.17, 15) is 20.8 Å². The van der Waals surface area contributed by atoms with Crippen LogP contribution in [-0.2, 0) is 20.8 Å². The molecule has 12 heteroatoms. The molecule has 8 atom stereocenters. The lowest BCUT2D eigenvalue weighted by Crippen LogP contribution is -2.64. The van der Waals surface area contributed by atoms with Gasteiger partial charge in [0, 0.05) is 85.7 Å². The number of piperidine rings is 4. The van der Waals surface area contributed by atoms with Crippen molar-refractivity contribution in [3.63, 3.8) is 0 Å². The molecule has 5 rings (SSSR count). The normalized spacial score (nSPS) is 37.0. The maximum Gasteiger partial charge on any atom is 0.165 e. The van der Waals surface area contributed by atoms with E-state index in [1.165, 1.54) is 20.3 Å². The third-order valence-corrected chi connectivity index (χ3v) is 16.7. The van der Waals surface area contributed by atoms with Crippen molar-refractivity contribution in [1.29, 1.82) is 0 Å². The number of ether oxygens (including phenoxy) is 4. The molecule has 1 aromatic carbocycles. The highest BCUT2D eigenvalue weighted by Crippen LogP contribution is 2.52. The molecule has 8 unspecified atom stereocenters. The molecule has 4 aliphatic rings. The van der Waals surface area contributed by atoms with Gasteiger partial charge < -0.3 is 18.9 Å². The molecule has 0 aliphatic carbocycles. The van der Waals surface area contributed by atoms with Crippen LogP contribution in [0.15, 0.2) is 12.1 Å². The van der Waals surface area contributed by atoms with Gasteiger partial charge in [0.15, 0.2) is 23.0 Å². The molecule has 0 spiro atoms. The van der Waals surface area contributed by atoms with Crippen LogP contribution >= 0.6 is 0 Å². The van der Waals surface area contributed by atoms with Crippen LogP contribution in [0.4, 0.5) is 0 Å². The van der Waals surface area contributed by atoms with Crippen LogP contribution in [0.2, 0.25) is 0 Å². The Balaban J connectivity index is 1.69. The fourth-order valence-corrected chi connectivity index (χ4v) is 11.6. The van der Waals surface area contributed by atoms with Gasteiger partial charge >= 0.3 is 0 Å². The van der Waals surface area contributed by atoms with Crippen LogP contribution < -0.4 is 18.9 Å². The first kappa shape index (κ1) is 51.1. The second kappa shape index (κ2) is 17.1. The first-order valence-corrected chi connectivity index (χ1v) is 23.8. The molecule has 1 aromatic rings. The average Bonchev–Trinajstić information content (AvgIpc) is 3.11. The van der Waals surface area contributed by atoms with Crippen LogP contribution in [0, 0.1) is 23.7 Å². The average molecular weight is 871 g/mol. The summed E-state index contributed by atoms with van der Waals surface area (Å²) in [6.45, 7) is 40.8. The van der Waals surface area contributed by atoms with Crippen LogP contribution in [-0.4, -0.2) is 89.0 Å². The van der Waals surface area contributed by atoms with E-state index < -0.39 is 44.3 Å². The number of rotatable bonds is 12. The van der Waals surface area contributed by atoms with E-state index in [-0.39, 0.29) is 48.1 Å². The summed E-state index contributed by atoms with van der Waals surface area (Å²) in [4.78, 5) is 0.